The molecule has 1 amide bonds. The summed E-state index contributed by atoms with van der Waals surface area (Å²) >= 11 is 1.53. The molecular formula is C16H18N2O2S. The number of amides is 1. The first kappa shape index (κ1) is 14.1. The van der Waals surface area contributed by atoms with Gasteiger partial charge in [0.25, 0.3) is 0 Å². The first-order valence-corrected chi connectivity index (χ1v) is 7.90. The van der Waals surface area contributed by atoms with Gasteiger partial charge < -0.3 is 16.2 Å². The number of carbonyl (C=O) groups excluding carboxylic acids is 1. The number of anilines is 1. The molecular weight excluding hydrogens is 284 g/mol. The Bertz CT molecular complexity index is 618. The van der Waals surface area contributed by atoms with Gasteiger partial charge in [-0.1, -0.05) is 12.1 Å². The Kier molecular flexibility index (Phi) is 3.69. The normalized spacial score (nSPS) is 17.2. The van der Waals surface area contributed by atoms with E-state index in [1.54, 1.807) is 0 Å². The monoisotopic (exact) mass is 302 g/mol. The maximum atomic E-state index is 12.4. The highest BCUT2D eigenvalue weighted by Crippen LogP contribution is 2.48. The maximum Gasteiger partial charge on any atom is 0.230 e. The van der Waals surface area contributed by atoms with Gasteiger partial charge in [0, 0.05) is 12.2 Å². The summed E-state index contributed by atoms with van der Waals surface area (Å²) in [5, 5.41) is 16.7. The van der Waals surface area contributed by atoms with Crippen molar-refractivity contribution in [3.63, 3.8) is 0 Å². The highest BCUT2D eigenvalue weighted by molar-refractivity contribution is 7.07. The number of benzene rings is 1. The van der Waals surface area contributed by atoms with Crippen LogP contribution in [-0.2, 0) is 10.2 Å². The van der Waals surface area contributed by atoms with E-state index in [9.17, 15) is 9.90 Å². The number of thiophene rings is 1. The summed E-state index contributed by atoms with van der Waals surface area (Å²) in [4.78, 5) is 12.4. The van der Waals surface area contributed by atoms with Gasteiger partial charge in [-0.3, -0.25) is 4.79 Å². The predicted octanol–water partition coefficient (Wildman–Crippen LogP) is 2.21. The molecule has 1 aromatic heterocycles. The minimum absolute atomic E-state index is 0.0125. The lowest BCUT2D eigenvalue weighted by molar-refractivity contribution is -0.124. The molecule has 1 aliphatic rings. The minimum atomic E-state index is -0.651. The summed E-state index contributed by atoms with van der Waals surface area (Å²) in [5.74, 6) is -0.0125. The van der Waals surface area contributed by atoms with Gasteiger partial charge in [0.2, 0.25) is 5.91 Å². The van der Waals surface area contributed by atoms with Gasteiger partial charge >= 0.3 is 0 Å². The number of nitrogen functional groups attached to an aromatic ring is 1. The lowest BCUT2D eigenvalue weighted by atomic mass is 9.94. The van der Waals surface area contributed by atoms with Crippen LogP contribution in [0, 0.1) is 0 Å². The molecule has 1 aromatic carbocycles. The summed E-state index contributed by atoms with van der Waals surface area (Å²) in [6.45, 7) is 0.242. The van der Waals surface area contributed by atoms with E-state index >= 15 is 0 Å². The summed E-state index contributed by atoms with van der Waals surface area (Å²) in [6, 6.07) is 9.34. The molecule has 5 heteroatoms. The zero-order chi connectivity index (χ0) is 14.9. The van der Waals surface area contributed by atoms with Crippen molar-refractivity contribution in [2.45, 2.75) is 24.4 Å². The second-order valence-electron chi connectivity index (χ2n) is 5.49. The van der Waals surface area contributed by atoms with Crippen molar-refractivity contribution >= 4 is 22.9 Å². The molecule has 1 unspecified atom stereocenters. The van der Waals surface area contributed by atoms with Crippen LogP contribution in [0.15, 0.2) is 41.1 Å². The smallest absolute Gasteiger partial charge is 0.230 e. The molecule has 0 aliphatic heterocycles. The summed E-state index contributed by atoms with van der Waals surface area (Å²) in [5.41, 5.74) is 7.80. The standard InChI is InChI=1S/C16H18N2O2S/c17-13-3-1-12(2-4-13)16(6-7-16)15(20)18-9-14(19)11-5-8-21-10-11/h1-5,8,10,14,19H,6-7,9,17H2,(H,18,20). The van der Waals surface area contributed by atoms with E-state index in [1.165, 1.54) is 11.3 Å². The van der Waals surface area contributed by atoms with E-state index in [2.05, 4.69) is 5.32 Å². The van der Waals surface area contributed by atoms with Crippen LogP contribution in [0.1, 0.15) is 30.1 Å². The zero-order valence-electron chi connectivity index (χ0n) is 11.6. The Balaban J connectivity index is 1.64. The van der Waals surface area contributed by atoms with E-state index < -0.39 is 11.5 Å². The second-order valence-corrected chi connectivity index (χ2v) is 6.27. The van der Waals surface area contributed by atoms with Gasteiger partial charge in [-0.05, 0) is 52.9 Å². The second kappa shape index (κ2) is 5.50. The molecule has 3 rings (SSSR count). The highest BCUT2D eigenvalue weighted by atomic mass is 32.1. The molecule has 4 nitrogen and oxygen atoms in total. The molecule has 0 bridgehead atoms. The molecule has 0 saturated heterocycles. The number of rotatable bonds is 5. The summed E-state index contributed by atoms with van der Waals surface area (Å²) in [7, 11) is 0. The molecule has 0 spiro atoms. The van der Waals surface area contributed by atoms with Crippen LogP contribution in [0.5, 0.6) is 0 Å². The molecule has 4 N–H and O–H groups in total. The number of aliphatic hydroxyl groups is 1. The fourth-order valence-corrected chi connectivity index (χ4v) is 3.22. The van der Waals surface area contributed by atoms with Crippen LogP contribution < -0.4 is 11.1 Å². The average molecular weight is 302 g/mol. The first-order chi connectivity index (χ1) is 10.1. The van der Waals surface area contributed by atoms with Gasteiger partial charge in [0.1, 0.15) is 0 Å². The fourth-order valence-electron chi connectivity index (χ4n) is 2.52. The van der Waals surface area contributed by atoms with E-state index in [4.69, 9.17) is 5.73 Å². The number of hydrogen-bond donors (Lipinski definition) is 3. The van der Waals surface area contributed by atoms with Crippen LogP contribution >= 0.6 is 11.3 Å². The summed E-state index contributed by atoms with van der Waals surface area (Å²) < 4.78 is 0. The van der Waals surface area contributed by atoms with Crippen molar-refractivity contribution in [2.75, 3.05) is 12.3 Å². The molecule has 1 saturated carbocycles. The Morgan fingerprint density at radius 3 is 2.62 bits per heavy atom. The number of nitrogens with two attached hydrogens (primary N) is 1. The molecule has 110 valence electrons. The first-order valence-electron chi connectivity index (χ1n) is 6.96. The third kappa shape index (κ3) is 2.80. The maximum absolute atomic E-state index is 12.4. The average Bonchev–Trinajstić information content (AvgIpc) is 3.11. The topological polar surface area (TPSA) is 75.4 Å². The predicted molar refractivity (Wildman–Crippen MR) is 84.1 cm³/mol. The quantitative estimate of drug-likeness (QED) is 0.741. The minimum Gasteiger partial charge on any atom is -0.399 e. The molecule has 1 aliphatic carbocycles. The van der Waals surface area contributed by atoms with Gasteiger partial charge in [-0.15, -0.1) is 0 Å². The van der Waals surface area contributed by atoms with Crippen LogP contribution in [0.3, 0.4) is 0 Å². The Labute approximate surface area is 127 Å². The third-order valence-corrected chi connectivity index (χ3v) is 4.73. The molecule has 1 fully saturated rings. The van der Waals surface area contributed by atoms with E-state index in [0.717, 1.165) is 24.0 Å². The van der Waals surface area contributed by atoms with Gasteiger partial charge in [-0.25, -0.2) is 0 Å². The van der Waals surface area contributed by atoms with Gasteiger partial charge in [0.15, 0.2) is 0 Å². The van der Waals surface area contributed by atoms with Crippen LogP contribution in [0.2, 0.25) is 0 Å². The molecule has 0 radical (unpaired) electrons. The van der Waals surface area contributed by atoms with Crippen molar-refractivity contribution < 1.29 is 9.90 Å². The van der Waals surface area contributed by atoms with Crippen molar-refractivity contribution in [3.05, 3.63) is 52.2 Å². The van der Waals surface area contributed by atoms with Crippen LogP contribution in [0.25, 0.3) is 0 Å². The lowest BCUT2D eigenvalue weighted by Crippen LogP contribution is -2.37. The third-order valence-electron chi connectivity index (χ3n) is 4.03. The number of carbonyl (C=O) groups is 1. The Hall–Kier alpha value is -1.85. The van der Waals surface area contributed by atoms with Crippen molar-refractivity contribution in [1.82, 2.24) is 5.32 Å². The number of nitrogens with one attached hydrogen (secondary N) is 1. The number of aliphatic hydroxyl groups excluding tert-OH is 1. The van der Waals surface area contributed by atoms with Crippen LogP contribution in [-0.4, -0.2) is 17.6 Å². The summed E-state index contributed by atoms with van der Waals surface area (Å²) in [6.07, 6.45) is 1.04. The zero-order valence-corrected chi connectivity index (χ0v) is 12.4. The highest BCUT2D eigenvalue weighted by Gasteiger charge is 2.51. The van der Waals surface area contributed by atoms with Crippen molar-refractivity contribution in [2.24, 2.45) is 0 Å². The van der Waals surface area contributed by atoms with Crippen molar-refractivity contribution in [3.8, 4) is 0 Å². The largest absolute Gasteiger partial charge is 0.399 e. The SMILES string of the molecule is Nc1ccc(C2(C(=O)NCC(O)c3ccsc3)CC2)cc1. The fraction of sp³-hybridized carbons (Fsp3) is 0.312. The molecule has 1 heterocycles. The van der Waals surface area contributed by atoms with Crippen molar-refractivity contribution in [1.29, 1.82) is 0 Å². The van der Waals surface area contributed by atoms with Gasteiger partial charge in [0.05, 0.1) is 11.5 Å². The van der Waals surface area contributed by atoms with E-state index in [1.807, 2.05) is 41.1 Å². The van der Waals surface area contributed by atoms with Crippen LogP contribution in [0.4, 0.5) is 5.69 Å². The lowest BCUT2D eigenvalue weighted by Gasteiger charge is -2.17. The Morgan fingerprint density at radius 1 is 1.33 bits per heavy atom. The molecule has 21 heavy (non-hydrogen) atoms. The Morgan fingerprint density at radius 2 is 2.05 bits per heavy atom. The van der Waals surface area contributed by atoms with Gasteiger partial charge in [-0.2, -0.15) is 11.3 Å². The number of hydrogen-bond acceptors (Lipinski definition) is 4. The van der Waals surface area contributed by atoms with E-state index in [0.29, 0.717) is 5.69 Å². The molecule has 1 atom stereocenters. The molecule has 2 aromatic rings. The van der Waals surface area contributed by atoms with E-state index in [-0.39, 0.29) is 12.5 Å².